The molecule has 18 heavy (non-hydrogen) atoms. The van der Waals surface area contributed by atoms with Crippen LogP contribution in [0.3, 0.4) is 0 Å². The molecule has 0 spiro atoms. The van der Waals surface area contributed by atoms with Crippen LogP contribution in [0, 0.1) is 11.7 Å². The van der Waals surface area contributed by atoms with E-state index in [1.807, 2.05) is 0 Å². The molecule has 1 aromatic carbocycles. The first-order chi connectivity index (χ1) is 8.56. The zero-order valence-electron chi connectivity index (χ0n) is 10.7. The van der Waals surface area contributed by atoms with Gasteiger partial charge in [-0.25, -0.2) is 4.39 Å². The minimum atomic E-state index is -0.419. The van der Waals surface area contributed by atoms with Crippen LogP contribution < -0.4 is 11.1 Å². The molecule has 4 N–H and O–H groups in total. The summed E-state index contributed by atoms with van der Waals surface area (Å²) in [7, 11) is 0. The summed E-state index contributed by atoms with van der Waals surface area (Å²) in [6.45, 7) is 2.23. The first kappa shape index (κ1) is 13.1. The van der Waals surface area contributed by atoms with E-state index in [9.17, 15) is 9.50 Å². The number of para-hydroxylation sites is 1. The molecule has 0 radical (unpaired) electrons. The quantitative estimate of drug-likeness (QED) is 0.725. The number of aliphatic hydroxyl groups excluding tert-OH is 1. The van der Waals surface area contributed by atoms with Crippen molar-refractivity contribution in [3.05, 3.63) is 24.0 Å². The van der Waals surface area contributed by atoms with Crippen molar-refractivity contribution in [1.82, 2.24) is 0 Å². The smallest absolute Gasteiger partial charge is 0.148 e. The van der Waals surface area contributed by atoms with E-state index in [4.69, 9.17) is 5.73 Å². The minimum Gasteiger partial charge on any atom is -0.395 e. The van der Waals surface area contributed by atoms with Gasteiger partial charge in [0.05, 0.1) is 23.5 Å². The number of hydrogen-bond acceptors (Lipinski definition) is 3. The summed E-state index contributed by atoms with van der Waals surface area (Å²) >= 11 is 0. The van der Waals surface area contributed by atoms with Crippen LogP contribution in [0.2, 0.25) is 0 Å². The fraction of sp³-hybridized carbons (Fsp3) is 0.571. The lowest BCUT2D eigenvalue weighted by Gasteiger charge is -2.40. The van der Waals surface area contributed by atoms with Crippen molar-refractivity contribution in [3.63, 3.8) is 0 Å². The van der Waals surface area contributed by atoms with Crippen molar-refractivity contribution < 1.29 is 9.50 Å². The van der Waals surface area contributed by atoms with Crippen LogP contribution in [-0.4, -0.2) is 17.3 Å². The zero-order chi connectivity index (χ0) is 13.2. The molecule has 1 aromatic rings. The third-order valence-corrected chi connectivity index (χ3v) is 3.85. The Labute approximate surface area is 107 Å². The predicted octanol–water partition coefficient (Wildman–Crippen LogP) is 2.76. The predicted molar refractivity (Wildman–Crippen MR) is 71.9 cm³/mol. The second-order valence-electron chi connectivity index (χ2n) is 5.47. The molecule has 2 rings (SSSR count). The molecule has 0 saturated heterocycles. The molecule has 100 valence electrons. The van der Waals surface area contributed by atoms with Gasteiger partial charge in [-0.1, -0.05) is 25.8 Å². The second-order valence-corrected chi connectivity index (χ2v) is 5.47. The van der Waals surface area contributed by atoms with Gasteiger partial charge in [0, 0.05) is 0 Å². The van der Waals surface area contributed by atoms with Crippen LogP contribution >= 0.6 is 0 Å². The van der Waals surface area contributed by atoms with Gasteiger partial charge >= 0.3 is 0 Å². The highest BCUT2D eigenvalue weighted by atomic mass is 19.1. The average molecular weight is 252 g/mol. The average Bonchev–Trinajstić information content (AvgIpc) is 2.35. The summed E-state index contributed by atoms with van der Waals surface area (Å²) in [6, 6.07) is 4.73. The first-order valence-corrected chi connectivity index (χ1v) is 6.49. The van der Waals surface area contributed by atoms with Gasteiger partial charge in [-0.15, -0.1) is 0 Å². The molecule has 3 nitrogen and oxygen atoms in total. The summed E-state index contributed by atoms with van der Waals surface area (Å²) in [6.07, 6.45) is 4.04. The molecular formula is C14H21FN2O. The number of halogens is 1. The van der Waals surface area contributed by atoms with Crippen molar-refractivity contribution in [2.45, 2.75) is 38.1 Å². The number of anilines is 2. The number of nitrogen functional groups attached to an aromatic ring is 1. The fourth-order valence-electron chi connectivity index (χ4n) is 2.89. The van der Waals surface area contributed by atoms with Crippen LogP contribution in [0.5, 0.6) is 0 Å². The molecule has 0 bridgehead atoms. The number of rotatable bonds is 3. The van der Waals surface area contributed by atoms with E-state index >= 15 is 0 Å². The normalized spacial score (nSPS) is 28.1. The number of aliphatic hydroxyl groups is 1. The van der Waals surface area contributed by atoms with Crippen LogP contribution in [0.25, 0.3) is 0 Å². The Kier molecular flexibility index (Phi) is 3.76. The van der Waals surface area contributed by atoms with E-state index in [0.717, 1.165) is 19.3 Å². The SMILES string of the molecule is CC1CCCC(CO)(Nc2cccc(F)c2N)C1. The monoisotopic (exact) mass is 252 g/mol. The molecule has 1 saturated carbocycles. The molecule has 0 aromatic heterocycles. The zero-order valence-corrected chi connectivity index (χ0v) is 10.7. The summed E-state index contributed by atoms with van der Waals surface area (Å²) < 4.78 is 13.4. The Balaban J connectivity index is 2.22. The number of hydrogen-bond donors (Lipinski definition) is 3. The summed E-state index contributed by atoms with van der Waals surface area (Å²) in [5, 5.41) is 13.0. The van der Waals surface area contributed by atoms with Gasteiger partial charge in [-0.05, 0) is 30.9 Å². The lowest BCUT2D eigenvalue weighted by molar-refractivity contribution is 0.149. The van der Waals surface area contributed by atoms with Crippen LogP contribution in [0.1, 0.15) is 32.6 Å². The standard InChI is InChI=1S/C14H21FN2O/c1-10-4-3-7-14(8-10,9-18)17-12-6-2-5-11(15)13(12)16/h2,5-6,10,17-18H,3-4,7-9,16H2,1H3. The van der Waals surface area contributed by atoms with Crippen LogP contribution in [0.4, 0.5) is 15.8 Å². The van der Waals surface area contributed by atoms with E-state index in [2.05, 4.69) is 12.2 Å². The third-order valence-electron chi connectivity index (χ3n) is 3.85. The highest BCUT2D eigenvalue weighted by Crippen LogP contribution is 2.36. The maximum atomic E-state index is 13.4. The van der Waals surface area contributed by atoms with Crippen molar-refractivity contribution in [2.75, 3.05) is 17.7 Å². The summed E-state index contributed by atoms with van der Waals surface area (Å²) in [5.41, 5.74) is 6.08. The van der Waals surface area contributed by atoms with Gasteiger partial charge in [0.2, 0.25) is 0 Å². The number of nitrogens with two attached hydrogens (primary N) is 1. The van der Waals surface area contributed by atoms with Gasteiger partial charge in [0.1, 0.15) is 5.82 Å². The van der Waals surface area contributed by atoms with Crippen molar-refractivity contribution in [1.29, 1.82) is 0 Å². The van der Waals surface area contributed by atoms with E-state index in [0.29, 0.717) is 11.6 Å². The molecule has 1 aliphatic carbocycles. The highest BCUT2D eigenvalue weighted by molar-refractivity contribution is 5.67. The fourth-order valence-corrected chi connectivity index (χ4v) is 2.89. The molecule has 1 aliphatic rings. The van der Waals surface area contributed by atoms with E-state index in [-0.39, 0.29) is 17.8 Å². The van der Waals surface area contributed by atoms with Gasteiger partial charge < -0.3 is 16.2 Å². The number of nitrogens with one attached hydrogen (secondary N) is 1. The van der Waals surface area contributed by atoms with E-state index in [1.165, 1.54) is 12.5 Å². The topological polar surface area (TPSA) is 58.3 Å². The summed E-state index contributed by atoms with van der Waals surface area (Å²) in [4.78, 5) is 0. The van der Waals surface area contributed by atoms with Crippen LogP contribution in [-0.2, 0) is 0 Å². The Bertz CT molecular complexity index is 424. The van der Waals surface area contributed by atoms with E-state index < -0.39 is 5.82 Å². The van der Waals surface area contributed by atoms with Gasteiger partial charge in [0.15, 0.2) is 0 Å². The van der Waals surface area contributed by atoms with E-state index in [1.54, 1.807) is 12.1 Å². The lowest BCUT2D eigenvalue weighted by Crippen LogP contribution is -2.46. The largest absolute Gasteiger partial charge is 0.395 e. The van der Waals surface area contributed by atoms with Crippen molar-refractivity contribution in [2.24, 2.45) is 5.92 Å². The third kappa shape index (κ3) is 2.58. The van der Waals surface area contributed by atoms with Gasteiger partial charge in [-0.2, -0.15) is 0 Å². The lowest BCUT2D eigenvalue weighted by atomic mass is 9.76. The van der Waals surface area contributed by atoms with Gasteiger partial charge in [-0.3, -0.25) is 0 Å². The van der Waals surface area contributed by atoms with Gasteiger partial charge in [0.25, 0.3) is 0 Å². The Morgan fingerprint density at radius 1 is 1.56 bits per heavy atom. The highest BCUT2D eigenvalue weighted by Gasteiger charge is 2.34. The minimum absolute atomic E-state index is 0.0489. The molecular weight excluding hydrogens is 231 g/mol. The number of benzene rings is 1. The molecule has 2 unspecified atom stereocenters. The first-order valence-electron chi connectivity index (χ1n) is 6.49. The Morgan fingerprint density at radius 2 is 2.33 bits per heavy atom. The molecule has 0 heterocycles. The maximum absolute atomic E-state index is 13.4. The second kappa shape index (κ2) is 5.14. The molecule has 0 amide bonds. The van der Waals surface area contributed by atoms with Crippen molar-refractivity contribution in [3.8, 4) is 0 Å². The Hall–Kier alpha value is -1.29. The Morgan fingerprint density at radius 3 is 3.00 bits per heavy atom. The maximum Gasteiger partial charge on any atom is 0.148 e. The summed E-state index contributed by atoms with van der Waals surface area (Å²) in [5.74, 6) is 0.144. The van der Waals surface area contributed by atoms with Crippen molar-refractivity contribution >= 4 is 11.4 Å². The molecule has 2 atom stereocenters. The van der Waals surface area contributed by atoms with Crippen LogP contribution in [0.15, 0.2) is 18.2 Å². The molecule has 0 aliphatic heterocycles. The molecule has 4 heteroatoms. The molecule has 1 fully saturated rings.